The van der Waals surface area contributed by atoms with Crippen molar-refractivity contribution in [2.24, 2.45) is 5.92 Å². The summed E-state index contributed by atoms with van der Waals surface area (Å²) in [6, 6.07) is 10.1. The first-order chi connectivity index (χ1) is 16.6. The van der Waals surface area contributed by atoms with E-state index in [1.807, 2.05) is 37.2 Å². The van der Waals surface area contributed by atoms with Crippen LogP contribution in [0.4, 0.5) is 5.69 Å². The summed E-state index contributed by atoms with van der Waals surface area (Å²) in [6.45, 7) is 2.02. The number of ether oxygens (including phenoxy) is 2. The Morgan fingerprint density at radius 3 is 2.68 bits per heavy atom. The minimum Gasteiger partial charge on any atom is -0.473 e. The first kappa shape index (κ1) is 22.5. The molecule has 1 atom stereocenters. The zero-order valence-electron chi connectivity index (χ0n) is 19.8. The second kappa shape index (κ2) is 9.93. The Morgan fingerprint density at radius 1 is 1.15 bits per heavy atom. The maximum Gasteiger partial charge on any atom is 0.242 e. The van der Waals surface area contributed by atoms with E-state index in [1.165, 1.54) is 0 Å². The first-order valence-electron chi connectivity index (χ1n) is 12.0. The molecule has 0 unspecified atom stereocenters. The molecule has 178 valence electrons. The zero-order chi connectivity index (χ0) is 23.5. The van der Waals surface area contributed by atoms with E-state index in [4.69, 9.17) is 14.5 Å². The number of pyridine rings is 1. The van der Waals surface area contributed by atoms with Crippen molar-refractivity contribution in [3.8, 4) is 17.1 Å². The van der Waals surface area contributed by atoms with Crippen molar-refractivity contribution in [1.29, 1.82) is 0 Å². The number of rotatable bonds is 6. The molecule has 5 rings (SSSR count). The summed E-state index contributed by atoms with van der Waals surface area (Å²) < 4.78 is 12.1. The Labute approximate surface area is 199 Å². The summed E-state index contributed by atoms with van der Waals surface area (Å²) in [5.41, 5.74) is 4.21. The summed E-state index contributed by atoms with van der Waals surface area (Å²) in [6.07, 6.45) is 7.43. The van der Waals surface area contributed by atoms with Gasteiger partial charge in [0.15, 0.2) is 5.52 Å². The molecule has 1 saturated heterocycles. The highest BCUT2D eigenvalue weighted by atomic mass is 16.5. The van der Waals surface area contributed by atoms with E-state index in [-0.39, 0.29) is 17.9 Å². The van der Waals surface area contributed by atoms with Crippen molar-refractivity contribution in [1.82, 2.24) is 19.9 Å². The van der Waals surface area contributed by atoms with Crippen LogP contribution in [0.3, 0.4) is 0 Å². The van der Waals surface area contributed by atoms with Crippen LogP contribution < -0.4 is 9.64 Å². The van der Waals surface area contributed by atoms with Gasteiger partial charge in [0.1, 0.15) is 12.7 Å². The molecular weight excluding hydrogens is 430 g/mol. The number of carbonyl (C=O) groups excluding carboxylic acids is 1. The third-order valence-corrected chi connectivity index (χ3v) is 6.66. The van der Waals surface area contributed by atoms with E-state index in [1.54, 1.807) is 12.4 Å². The Balaban J connectivity index is 1.33. The van der Waals surface area contributed by atoms with Crippen LogP contribution in [0.1, 0.15) is 25.7 Å². The number of benzene rings is 1. The van der Waals surface area contributed by atoms with Gasteiger partial charge in [-0.15, -0.1) is 0 Å². The van der Waals surface area contributed by atoms with E-state index in [2.05, 4.69) is 27.0 Å². The van der Waals surface area contributed by atoms with Crippen molar-refractivity contribution in [2.75, 3.05) is 45.3 Å². The van der Waals surface area contributed by atoms with Gasteiger partial charge in [-0.05, 0) is 31.0 Å². The predicted molar refractivity (Wildman–Crippen MR) is 131 cm³/mol. The number of anilines is 1. The second-order valence-electron chi connectivity index (χ2n) is 9.25. The number of nitrogens with zero attached hydrogens (tertiary/aromatic N) is 5. The molecule has 1 aromatic carbocycles. The van der Waals surface area contributed by atoms with E-state index in [0.717, 1.165) is 48.1 Å². The summed E-state index contributed by atoms with van der Waals surface area (Å²) >= 11 is 0. The molecule has 3 aromatic rings. The van der Waals surface area contributed by atoms with Crippen molar-refractivity contribution in [3.05, 3.63) is 42.7 Å². The Kier molecular flexibility index (Phi) is 6.58. The molecule has 2 aromatic heterocycles. The molecule has 1 saturated carbocycles. The fraction of sp³-hybridized carbons (Fsp3) is 0.462. The standard InChI is InChI=1S/C26H31N5O3/c1-30(2)20-9-7-18(8-10-20)22-15-23-24(28-12-11-27-23)25(29-22)34-17-21-16-31(13-14-33-21)26(32)19-5-3-4-6-19/h7-12,15,19,21H,3-6,13-14,16-17H2,1-2H3/t21-/m0/s1. The van der Waals surface area contributed by atoms with Gasteiger partial charge in [0.2, 0.25) is 11.8 Å². The van der Waals surface area contributed by atoms with Gasteiger partial charge in [-0.3, -0.25) is 9.78 Å². The maximum atomic E-state index is 12.9. The van der Waals surface area contributed by atoms with Gasteiger partial charge >= 0.3 is 0 Å². The molecule has 2 fully saturated rings. The van der Waals surface area contributed by atoms with E-state index in [0.29, 0.717) is 37.7 Å². The molecule has 2 aliphatic rings. The highest BCUT2D eigenvalue weighted by Gasteiger charge is 2.31. The van der Waals surface area contributed by atoms with Gasteiger partial charge in [-0.2, -0.15) is 0 Å². The SMILES string of the molecule is CN(C)c1ccc(-c2cc3nccnc3c(OC[C@@H]3CN(C(=O)C4CCCC4)CCO3)n2)cc1. The number of aromatic nitrogens is 3. The molecule has 1 aliphatic heterocycles. The van der Waals surface area contributed by atoms with Crippen molar-refractivity contribution in [3.63, 3.8) is 0 Å². The highest BCUT2D eigenvalue weighted by Crippen LogP contribution is 2.29. The number of hydrogen-bond acceptors (Lipinski definition) is 7. The van der Waals surface area contributed by atoms with Crippen LogP contribution in [0.25, 0.3) is 22.3 Å². The molecule has 8 nitrogen and oxygen atoms in total. The molecule has 1 amide bonds. The zero-order valence-corrected chi connectivity index (χ0v) is 19.8. The number of morpholine rings is 1. The fourth-order valence-electron chi connectivity index (χ4n) is 4.75. The van der Waals surface area contributed by atoms with Crippen molar-refractivity contribution in [2.45, 2.75) is 31.8 Å². The third kappa shape index (κ3) is 4.82. The van der Waals surface area contributed by atoms with Crippen LogP contribution in [0.5, 0.6) is 5.88 Å². The van der Waals surface area contributed by atoms with Gasteiger partial charge in [-0.1, -0.05) is 25.0 Å². The van der Waals surface area contributed by atoms with E-state index < -0.39 is 0 Å². The van der Waals surface area contributed by atoms with Gasteiger partial charge in [0.05, 0.1) is 24.4 Å². The van der Waals surface area contributed by atoms with Gasteiger partial charge in [-0.25, -0.2) is 9.97 Å². The Morgan fingerprint density at radius 2 is 1.91 bits per heavy atom. The highest BCUT2D eigenvalue weighted by molar-refractivity contribution is 5.83. The second-order valence-corrected chi connectivity index (χ2v) is 9.25. The molecule has 3 heterocycles. The Hall–Kier alpha value is -3.26. The first-order valence-corrected chi connectivity index (χ1v) is 12.0. The lowest BCUT2D eigenvalue weighted by molar-refractivity contribution is -0.144. The number of hydrogen-bond donors (Lipinski definition) is 0. The van der Waals surface area contributed by atoms with Crippen LogP contribution in [-0.4, -0.2) is 72.3 Å². The van der Waals surface area contributed by atoms with Crippen LogP contribution in [0, 0.1) is 5.92 Å². The van der Waals surface area contributed by atoms with Crippen LogP contribution >= 0.6 is 0 Å². The van der Waals surface area contributed by atoms with Crippen molar-refractivity contribution >= 4 is 22.6 Å². The Bertz CT molecular complexity index is 1140. The average molecular weight is 462 g/mol. The number of fused-ring (bicyclic) bond motifs is 1. The van der Waals surface area contributed by atoms with Gasteiger partial charge < -0.3 is 19.3 Å². The van der Waals surface area contributed by atoms with Crippen molar-refractivity contribution < 1.29 is 14.3 Å². The van der Waals surface area contributed by atoms with Gasteiger partial charge in [0.25, 0.3) is 0 Å². The van der Waals surface area contributed by atoms with Gasteiger partial charge in [0, 0.05) is 50.2 Å². The minimum atomic E-state index is -0.198. The minimum absolute atomic E-state index is 0.177. The summed E-state index contributed by atoms with van der Waals surface area (Å²) in [5, 5.41) is 0. The average Bonchev–Trinajstić information content (AvgIpc) is 3.42. The molecule has 34 heavy (non-hydrogen) atoms. The molecule has 1 aliphatic carbocycles. The summed E-state index contributed by atoms with van der Waals surface area (Å²) in [4.78, 5) is 30.6. The topological polar surface area (TPSA) is 80.7 Å². The lowest BCUT2D eigenvalue weighted by Crippen LogP contribution is -2.49. The van der Waals surface area contributed by atoms with E-state index in [9.17, 15) is 4.79 Å². The quantitative estimate of drug-likeness (QED) is 0.555. The summed E-state index contributed by atoms with van der Waals surface area (Å²) in [5.74, 6) is 0.875. The third-order valence-electron chi connectivity index (χ3n) is 6.66. The smallest absolute Gasteiger partial charge is 0.242 e. The fourth-order valence-corrected chi connectivity index (χ4v) is 4.75. The van der Waals surface area contributed by atoms with Crippen LogP contribution in [0.2, 0.25) is 0 Å². The van der Waals surface area contributed by atoms with E-state index >= 15 is 0 Å². The van der Waals surface area contributed by atoms with Crippen LogP contribution in [-0.2, 0) is 9.53 Å². The largest absolute Gasteiger partial charge is 0.473 e. The molecule has 0 radical (unpaired) electrons. The van der Waals surface area contributed by atoms with Crippen LogP contribution in [0.15, 0.2) is 42.7 Å². The lowest BCUT2D eigenvalue weighted by Gasteiger charge is -2.34. The predicted octanol–water partition coefficient (Wildman–Crippen LogP) is 3.55. The number of carbonyl (C=O) groups is 1. The summed E-state index contributed by atoms with van der Waals surface area (Å²) in [7, 11) is 4.03. The lowest BCUT2D eigenvalue weighted by atomic mass is 10.1. The molecular formula is C26H31N5O3. The molecule has 8 heteroatoms. The maximum absolute atomic E-state index is 12.9. The molecule has 0 N–H and O–H groups in total. The normalized spacial score (nSPS) is 18.9. The molecule has 0 bridgehead atoms. The monoisotopic (exact) mass is 461 g/mol. The molecule has 0 spiro atoms. The number of amides is 1.